The van der Waals surface area contributed by atoms with Crippen molar-refractivity contribution in [3.05, 3.63) is 0 Å². The number of nitrogens with zero attached hydrogens (tertiary/aromatic N) is 2. The number of amides is 1. The summed E-state index contributed by atoms with van der Waals surface area (Å²) in [7, 11) is 0. The molecule has 2 heterocycles. The first-order chi connectivity index (χ1) is 8.59. The van der Waals surface area contributed by atoms with Gasteiger partial charge >= 0.3 is 0 Å². The zero-order chi connectivity index (χ0) is 13.2. The number of rotatable bonds is 1. The van der Waals surface area contributed by atoms with Gasteiger partial charge in [0, 0.05) is 26.3 Å². The highest BCUT2D eigenvalue weighted by molar-refractivity contribution is 5.85. The van der Waals surface area contributed by atoms with Crippen molar-refractivity contribution in [1.82, 2.24) is 4.90 Å². The van der Waals surface area contributed by atoms with Crippen molar-refractivity contribution in [3.63, 3.8) is 0 Å². The quantitative estimate of drug-likeness (QED) is 0.713. The largest absolute Gasteiger partial charge is 0.381 e. The first kappa shape index (κ1) is 13.4. The van der Waals surface area contributed by atoms with Gasteiger partial charge in [0.1, 0.15) is 5.41 Å². The molecule has 0 aromatic heterocycles. The van der Waals surface area contributed by atoms with Gasteiger partial charge in [-0.25, -0.2) is 0 Å². The van der Waals surface area contributed by atoms with Crippen LogP contribution >= 0.6 is 0 Å². The molecule has 2 unspecified atom stereocenters. The van der Waals surface area contributed by atoms with E-state index in [4.69, 9.17) is 4.74 Å². The average molecular weight is 250 g/mol. The van der Waals surface area contributed by atoms with E-state index in [9.17, 15) is 10.1 Å². The van der Waals surface area contributed by atoms with Crippen LogP contribution in [0.1, 0.15) is 33.1 Å². The van der Waals surface area contributed by atoms with Crippen LogP contribution in [0.25, 0.3) is 0 Å². The molecule has 2 aliphatic heterocycles. The van der Waals surface area contributed by atoms with E-state index >= 15 is 0 Å². The Labute approximate surface area is 109 Å². The number of carbonyl (C=O) groups is 1. The molecule has 2 fully saturated rings. The van der Waals surface area contributed by atoms with Gasteiger partial charge < -0.3 is 9.64 Å². The molecule has 2 aliphatic rings. The molecule has 4 nitrogen and oxygen atoms in total. The SMILES string of the molecule is CC1CCN(C(=O)C2(C#N)CCOCC2)CC1C. The summed E-state index contributed by atoms with van der Waals surface area (Å²) in [4.78, 5) is 14.5. The summed E-state index contributed by atoms with van der Waals surface area (Å²) in [5.41, 5.74) is -0.821. The van der Waals surface area contributed by atoms with Crippen LogP contribution in [0.4, 0.5) is 0 Å². The van der Waals surface area contributed by atoms with Crippen LogP contribution in [-0.2, 0) is 9.53 Å². The van der Waals surface area contributed by atoms with E-state index in [2.05, 4.69) is 19.9 Å². The molecule has 0 aliphatic carbocycles. The molecule has 0 bridgehead atoms. The molecule has 0 radical (unpaired) electrons. The topological polar surface area (TPSA) is 53.3 Å². The van der Waals surface area contributed by atoms with Crippen LogP contribution in [0.2, 0.25) is 0 Å². The third-order valence-corrected chi connectivity index (χ3v) is 4.59. The van der Waals surface area contributed by atoms with Crippen molar-refractivity contribution in [2.24, 2.45) is 17.3 Å². The Bertz CT molecular complexity index is 355. The molecule has 18 heavy (non-hydrogen) atoms. The Kier molecular flexibility index (Phi) is 3.91. The van der Waals surface area contributed by atoms with Gasteiger partial charge in [0.2, 0.25) is 5.91 Å². The molecule has 0 saturated carbocycles. The van der Waals surface area contributed by atoms with Crippen LogP contribution in [0.15, 0.2) is 0 Å². The number of hydrogen-bond acceptors (Lipinski definition) is 3. The third-order valence-electron chi connectivity index (χ3n) is 4.59. The lowest BCUT2D eigenvalue weighted by atomic mass is 9.79. The Morgan fingerprint density at radius 1 is 1.33 bits per heavy atom. The number of hydrogen-bond donors (Lipinski definition) is 0. The van der Waals surface area contributed by atoms with Crippen molar-refractivity contribution in [2.45, 2.75) is 33.1 Å². The zero-order valence-electron chi connectivity index (χ0n) is 11.3. The van der Waals surface area contributed by atoms with Crippen LogP contribution in [0, 0.1) is 28.6 Å². The van der Waals surface area contributed by atoms with E-state index in [1.165, 1.54) is 0 Å². The highest BCUT2D eigenvalue weighted by Gasteiger charge is 2.44. The van der Waals surface area contributed by atoms with E-state index in [-0.39, 0.29) is 5.91 Å². The minimum Gasteiger partial charge on any atom is -0.381 e. The normalized spacial score (nSPS) is 31.7. The molecule has 2 atom stereocenters. The highest BCUT2D eigenvalue weighted by Crippen LogP contribution is 2.34. The molecule has 0 aromatic carbocycles. The fourth-order valence-corrected chi connectivity index (χ4v) is 2.84. The van der Waals surface area contributed by atoms with E-state index < -0.39 is 5.41 Å². The summed E-state index contributed by atoms with van der Waals surface area (Å²) in [6.45, 7) is 7.07. The molecule has 2 rings (SSSR count). The highest BCUT2D eigenvalue weighted by atomic mass is 16.5. The second-order valence-corrected chi connectivity index (χ2v) is 5.80. The van der Waals surface area contributed by atoms with Crippen molar-refractivity contribution < 1.29 is 9.53 Å². The van der Waals surface area contributed by atoms with Gasteiger partial charge in [-0.1, -0.05) is 13.8 Å². The Hall–Kier alpha value is -1.08. The Morgan fingerprint density at radius 2 is 2.00 bits per heavy atom. The standard InChI is InChI=1S/C14H22N2O2/c1-11-3-6-16(9-12(11)2)13(17)14(10-15)4-7-18-8-5-14/h11-12H,3-9H2,1-2H3. The molecule has 0 N–H and O–H groups in total. The van der Waals surface area contributed by atoms with Crippen LogP contribution in [0.5, 0.6) is 0 Å². The third kappa shape index (κ3) is 2.37. The fraction of sp³-hybridized carbons (Fsp3) is 0.857. The summed E-state index contributed by atoms with van der Waals surface area (Å²) < 4.78 is 5.28. The second kappa shape index (κ2) is 5.27. The first-order valence-corrected chi connectivity index (χ1v) is 6.87. The summed E-state index contributed by atoms with van der Waals surface area (Å²) in [5, 5.41) is 9.41. The van der Waals surface area contributed by atoms with Gasteiger partial charge in [-0.2, -0.15) is 5.26 Å². The summed E-state index contributed by atoms with van der Waals surface area (Å²) in [5.74, 6) is 1.23. The molecule has 1 amide bonds. The second-order valence-electron chi connectivity index (χ2n) is 5.80. The van der Waals surface area contributed by atoms with Gasteiger partial charge in [-0.3, -0.25) is 4.79 Å². The van der Waals surface area contributed by atoms with E-state index in [0.29, 0.717) is 37.9 Å². The maximum absolute atomic E-state index is 12.6. The van der Waals surface area contributed by atoms with Crippen LogP contribution in [-0.4, -0.2) is 37.1 Å². The van der Waals surface area contributed by atoms with Gasteiger partial charge in [0.05, 0.1) is 6.07 Å². The van der Waals surface area contributed by atoms with E-state index in [1.54, 1.807) is 0 Å². The maximum Gasteiger partial charge on any atom is 0.243 e. The number of nitriles is 1. The Balaban J connectivity index is 2.08. The number of piperidine rings is 1. The number of carbonyl (C=O) groups excluding carboxylic acids is 1. The summed E-state index contributed by atoms with van der Waals surface area (Å²) in [6, 6.07) is 2.27. The minimum absolute atomic E-state index is 0.0343. The van der Waals surface area contributed by atoms with Crippen molar-refractivity contribution in [2.75, 3.05) is 26.3 Å². The lowest BCUT2D eigenvalue weighted by Gasteiger charge is -2.40. The van der Waals surface area contributed by atoms with Gasteiger partial charge in [-0.05, 0) is 31.1 Å². The zero-order valence-corrected chi connectivity index (χ0v) is 11.3. The lowest BCUT2D eigenvalue weighted by Crippen LogP contribution is -2.50. The molecular formula is C14H22N2O2. The fourth-order valence-electron chi connectivity index (χ4n) is 2.84. The number of likely N-dealkylation sites (tertiary alicyclic amines) is 1. The van der Waals surface area contributed by atoms with Gasteiger partial charge in [0.15, 0.2) is 0 Å². The van der Waals surface area contributed by atoms with E-state index in [0.717, 1.165) is 19.5 Å². The monoisotopic (exact) mass is 250 g/mol. The molecule has 4 heteroatoms. The predicted molar refractivity (Wildman–Crippen MR) is 67.6 cm³/mol. The number of ether oxygens (including phenoxy) is 1. The van der Waals surface area contributed by atoms with Crippen LogP contribution in [0.3, 0.4) is 0 Å². The maximum atomic E-state index is 12.6. The summed E-state index contributed by atoms with van der Waals surface area (Å²) in [6.07, 6.45) is 2.14. The molecule has 0 spiro atoms. The average Bonchev–Trinajstić information content (AvgIpc) is 2.42. The summed E-state index contributed by atoms with van der Waals surface area (Å²) >= 11 is 0. The first-order valence-electron chi connectivity index (χ1n) is 6.87. The van der Waals surface area contributed by atoms with Gasteiger partial charge in [-0.15, -0.1) is 0 Å². The lowest BCUT2D eigenvalue weighted by molar-refractivity contribution is -0.145. The van der Waals surface area contributed by atoms with E-state index in [1.807, 2.05) is 4.90 Å². The molecular weight excluding hydrogens is 228 g/mol. The van der Waals surface area contributed by atoms with Crippen molar-refractivity contribution in [1.29, 1.82) is 5.26 Å². The predicted octanol–water partition coefficient (Wildman–Crippen LogP) is 1.81. The minimum atomic E-state index is -0.821. The Morgan fingerprint density at radius 3 is 2.56 bits per heavy atom. The van der Waals surface area contributed by atoms with Crippen LogP contribution < -0.4 is 0 Å². The van der Waals surface area contributed by atoms with Crippen molar-refractivity contribution >= 4 is 5.91 Å². The van der Waals surface area contributed by atoms with Gasteiger partial charge in [0.25, 0.3) is 0 Å². The molecule has 0 aromatic rings. The van der Waals surface area contributed by atoms with Crippen molar-refractivity contribution in [3.8, 4) is 6.07 Å². The molecule has 2 saturated heterocycles. The smallest absolute Gasteiger partial charge is 0.243 e. The molecule has 100 valence electrons.